The molecule has 4 heterocycles. The van der Waals surface area contributed by atoms with Crippen LogP contribution in [0.3, 0.4) is 0 Å². The van der Waals surface area contributed by atoms with Crippen LogP contribution in [0.15, 0.2) is 41.8 Å². The molecule has 8 nitrogen and oxygen atoms in total. The highest BCUT2D eigenvalue weighted by molar-refractivity contribution is 7.13. The third-order valence-electron chi connectivity index (χ3n) is 6.07. The molecular formula is C23H25FN6O2S. The fourth-order valence-electron chi connectivity index (χ4n) is 4.26. The maximum atomic E-state index is 13.8. The monoisotopic (exact) mass is 468 g/mol. The molecule has 0 unspecified atom stereocenters. The number of halogens is 1. The Morgan fingerprint density at radius 2 is 1.76 bits per heavy atom. The van der Waals surface area contributed by atoms with Crippen molar-refractivity contribution in [3.8, 4) is 16.4 Å². The molecule has 1 aromatic carbocycles. The van der Waals surface area contributed by atoms with E-state index >= 15 is 0 Å². The number of nitrogens with zero attached hydrogens (tertiary/aromatic N) is 6. The van der Waals surface area contributed by atoms with Crippen LogP contribution in [0, 0.1) is 5.82 Å². The predicted octanol–water partition coefficient (Wildman–Crippen LogP) is 2.52. The average Bonchev–Trinajstić information content (AvgIpc) is 3.60. The van der Waals surface area contributed by atoms with Crippen LogP contribution in [-0.2, 0) is 4.79 Å². The molecule has 0 bridgehead atoms. The quantitative estimate of drug-likeness (QED) is 0.575. The summed E-state index contributed by atoms with van der Waals surface area (Å²) in [4.78, 5) is 36.7. The first-order valence-corrected chi connectivity index (χ1v) is 12.0. The van der Waals surface area contributed by atoms with Gasteiger partial charge in [-0.15, -0.1) is 16.4 Å². The lowest BCUT2D eigenvalue weighted by molar-refractivity contribution is -0.131. The fraction of sp³-hybridized carbons (Fsp3) is 0.391. The standard InChI is InChI=1S/C23H25FN6O2S/c24-17-5-3-6-18(15-17)30-22(19-7-4-14-33-19)25-21(26-30)23(32)29-12-10-27(11-13-29)16-20(31)28-8-1-2-9-28/h3-7,14-15H,1-2,8-13,16H2. The summed E-state index contributed by atoms with van der Waals surface area (Å²) in [7, 11) is 0. The zero-order chi connectivity index (χ0) is 22.8. The highest BCUT2D eigenvalue weighted by Gasteiger charge is 2.28. The van der Waals surface area contributed by atoms with Crippen molar-refractivity contribution in [2.75, 3.05) is 45.8 Å². The second-order valence-electron chi connectivity index (χ2n) is 8.28. The Balaban J connectivity index is 1.30. The number of aromatic nitrogens is 3. The van der Waals surface area contributed by atoms with Gasteiger partial charge in [-0.05, 0) is 42.5 Å². The molecular weight excluding hydrogens is 443 g/mol. The summed E-state index contributed by atoms with van der Waals surface area (Å²) >= 11 is 1.48. The van der Waals surface area contributed by atoms with E-state index in [1.165, 1.54) is 28.2 Å². The Bertz CT molecular complexity index is 1130. The minimum atomic E-state index is -0.382. The molecule has 0 aliphatic carbocycles. The Kier molecular flexibility index (Phi) is 6.19. The first-order chi connectivity index (χ1) is 16.1. The van der Waals surface area contributed by atoms with E-state index in [1.807, 2.05) is 22.4 Å². The third-order valence-corrected chi connectivity index (χ3v) is 6.94. The smallest absolute Gasteiger partial charge is 0.293 e. The average molecular weight is 469 g/mol. The van der Waals surface area contributed by atoms with Crippen molar-refractivity contribution in [3.63, 3.8) is 0 Å². The molecule has 0 N–H and O–H groups in total. The van der Waals surface area contributed by atoms with Crippen molar-refractivity contribution < 1.29 is 14.0 Å². The van der Waals surface area contributed by atoms with Crippen LogP contribution in [-0.4, -0.2) is 87.1 Å². The number of amides is 2. The topological polar surface area (TPSA) is 74.6 Å². The van der Waals surface area contributed by atoms with E-state index < -0.39 is 0 Å². The number of carbonyl (C=O) groups excluding carboxylic acids is 2. The maximum absolute atomic E-state index is 13.8. The van der Waals surface area contributed by atoms with Crippen molar-refractivity contribution in [1.82, 2.24) is 29.5 Å². The number of benzene rings is 1. The molecule has 5 rings (SSSR count). The number of carbonyl (C=O) groups is 2. The number of thiophene rings is 1. The Labute approximate surface area is 195 Å². The van der Waals surface area contributed by atoms with Gasteiger partial charge in [0.25, 0.3) is 5.91 Å². The number of likely N-dealkylation sites (tertiary alicyclic amines) is 1. The largest absolute Gasteiger partial charge is 0.342 e. The first-order valence-electron chi connectivity index (χ1n) is 11.1. The van der Waals surface area contributed by atoms with E-state index in [9.17, 15) is 14.0 Å². The van der Waals surface area contributed by atoms with Gasteiger partial charge in [0.2, 0.25) is 11.7 Å². The summed E-state index contributed by atoms with van der Waals surface area (Å²) in [6.07, 6.45) is 2.16. The normalized spacial score (nSPS) is 17.0. The number of hydrogen-bond acceptors (Lipinski definition) is 6. The highest BCUT2D eigenvalue weighted by Crippen LogP contribution is 2.26. The summed E-state index contributed by atoms with van der Waals surface area (Å²) in [5.41, 5.74) is 0.509. The minimum absolute atomic E-state index is 0.0873. The highest BCUT2D eigenvalue weighted by atomic mass is 32.1. The molecule has 3 aromatic rings. The Morgan fingerprint density at radius 3 is 2.45 bits per heavy atom. The zero-order valence-corrected chi connectivity index (χ0v) is 19.0. The zero-order valence-electron chi connectivity index (χ0n) is 18.2. The lowest BCUT2D eigenvalue weighted by Crippen LogP contribution is -2.51. The van der Waals surface area contributed by atoms with Crippen LogP contribution >= 0.6 is 11.3 Å². The predicted molar refractivity (Wildman–Crippen MR) is 123 cm³/mol. The van der Waals surface area contributed by atoms with Gasteiger partial charge in [0, 0.05) is 39.3 Å². The molecule has 0 spiro atoms. The maximum Gasteiger partial charge on any atom is 0.293 e. The molecule has 172 valence electrons. The van der Waals surface area contributed by atoms with Gasteiger partial charge in [-0.3, -0.25) is 14.5 Å². The second-order valence-corrected chi connectivity index (χ2v) is 9.23. The SMILES string of the molecule is O=C(CN1CCN(C(=O)c2nc(-c3cccs3)n(-c3cccc(F)c3)n2)CC1)N1CCCC1. The summed E-state index contributed by atoms with van der Waals surface area (Å²) in [5.74, 6) is 0.127. The molecule has 2 aliphatic rings. The first kappa shape index (κ1) is 21.7. The molecule has 0 radical (unpaired) electrons. The van der Waals surface area contributed by atoms with Gasteiger partial charge >= 0.3 is 0 Å². The molecule has 2 saturated heterocycles. The van der Waals surface area contributed by atoms with Crippen molar-refractivity contribution in [1.29, 1.82) is 0 Å². The molecule has 2 aromatic heterocycles. The van der Waals surface area contributed by atoms with Crippen molar-refractivity contribution in [2.45, 2.75) is 12.8 Å². The van der Waals surface area contributed by atoms with E-state index in [-0.39, 0.29) is 23.5 Å². The molecule has 2 amide bonds. The Morgan fingerprint density at radius 1 is 0.970 bits per heavy atom. The van der Waals surface area contributed by atoms with Crippen LogP contribution in [0.5, 0.6) is 0 Å². The number of piperazine rings is 1. The summed E-state index contributed by atoms with van der Waals surface area (Å²) < 4.78 is 15.4. The van der Waals surface area contributed by atoms with E-state index in [0.29, 0.717) is 44.2 Å². The lowest BCUT2D eigenvalue weighted by atomic mass is 10.3. The molecule has 10 heteroatoms. The third kappa shape index (κ3) is 4.67. The van der Waals surface area contributed by atoms with Gasteiger partial charge in [-0.2, -0.15) is 0 Å². The van der Waals surface area contributed by atoms with Gasteiger partial charge in [0.15, 0.2) is 5.82 Å². The van der Waals surface area contributed by atoms with Crippen molar-refractivity contribution in [3.05, 3.63) is 53.4 Å². The fourth-order valence-corrected chi connectivity index (χ4v) is 4.96. The second kappa shape index (κ2) is 9.40. The Hall–Kier alpha value is -3.11. The molecule has 0 atom stereocenters. The van der Waals surface area contributed by atoms with Crippen molar-refractivity contribution >= 4 is 23.2 Å². The van der Waals surface area contributed by atoms with Gasteiger partial charge in [-0.25, -0.2) is 14.1 Å². The van der Waals surface area contributed by atoms with E-state index in [1.54, 1.807) is 17.0 Å². The van der Waals surface area contributed by atoms with Gasteiger partial charge < -0.3 is 9.80 Å². The van der Waals surface area contributed by atoms with Crippen LogP contribution < -0.4 is 0 Å². The van der Waals surface area contributed by atoms with Crippen LogP contribution in [0.1, 0.15) is 23.5 Å². The molecule has 2 fully saturated rings. The number of rotatable bonds is 5. The molecule has 2 aliphatic heterocycles. The number of hydrogen-bond donors (Lipinski definition) is 0. The summed E-state index contributed by atoms with van der Waals surface area (Å²) in [6.45, 7) is 4.38. The van der Waals surface area contributed by atoms with E-state index in [0.717, 1.165) is 30.8 Å². The molecule has 0 saturated carbocycles. The van der Waals surface area contributed by atoms with E-state index in [4.69, 9.17) is 0 Å². The summed E-state index contributed by atoms with van der Waals surface area (Å²) in [6, 6.07) is 9.87. The van der Waals surface area contributed by atoms with Gasteiger partial charge in [0.05, 0.1) is 17.1 Å². The van der Waals surface area contributed by atoms with E-state index in [2.05, 4.69) is 15.0 Å². The van der Waals surface area contributed by atoms with Crippen molar-refractivity contribution in [2.24, 2.45) is 0 Å². The van der Waals surface area contributed by atoms with Crippen LogP contribution in [0.4, 0.5) is 4.39 Å². The van der Waals surface area contributed by atoms with Gasteiger partial charge in [-0.1, -0.05) is 12.1 Å². The minimum Gasteiger partial charge on any atom is -0.342 e. The lowest BCUT2D eigenvalue weighted by Gasteiger charge is -2.34. The summed E-state index contributed by atoms with van der Waals surface area (Å²) in [5, 5.41) is 6.37. The van der Waals surface area contributed by atoms with Crippen LogP contribution in [0.25, 0.3) is 16.4 Å². The molecule has 33 heavy (non-hydrogen) atoms. The van der Waals surface area contributed by atoms with Gasteiger partial charge in [0.1, 0.15) is 5.82 Å². The van der Waals surface area contributed by atoms with Crippen LogP contribution in [0.2, 0.25) is 0 Å².